The zero-order valence-corrected chi connectivity index (χ0v) is 14.9. The normalized spacial score (nSPS) is 19.3. The Kier molecular flexibility index (Phi) is 3.85. The predicted octanol–water partition coefficient (Wildman–Crippen LogP) is 2.11. The van der Waals surface area contributed by atoms with Gasteiger partial charge >= 0.3 is 0 Å². The fraction of sp³-hybridized carbons (Fsp3) is 0.556. The van der Waals surface area contributed by atoms with Crippen molar-refractivity contribution in [2.75, 3.05) is 20.2 Å². The van der Waals surface area contributed by atoms with Crippen LogP contribution >= 0.6 is 0 Å². The van der Waals surface area contributed by atoms with Crippen molar-refractivity contribution in [2.45, 2.75) is 44.1 Å². The molecule has 8 nitrogen and oxygen atoms in total. The van der Waals surface area contributed by atoms with E-state index in [1.54, 1.807) is 7.11 Å². The second kappa shape index (κ2) is 6.35. The molecule has 0 atom stereocenters. The van der Waals surface area contributed by atoms with Gasteiger partial charge in [0.1, 0.15) is 0 Å². The van der Waals surface area contributed by atoms with Crippen LogP contribution in [-0.4, -0.2) is 55.1 Å². The molecule has 3 aromatic heterocycles. The average molecular weight is 353 g/mol. The highest BCUT2D eigenvalue weighted by molar-refractivity contribution is 5.38. The number of piperidine rings is 1. The lowest BCUT2D eigenvalue weighted by molar-refractivity contribution is 0.200. The number of nitrogens with zero attached hydrogens (tertiary/aromatic N) is 6. The van der Waals surface area contributed by atoms with Crippen LogP contribution < -0.4 is 4.74 Å². The number of rotatable bonds is 5. The van der Waals surface area contributed by atoms with E-state index < -0.39 is 0 Å². The van der Waals surface area contributed by atoms with Crippen LogP contribution in [0.15, 0.2) is 18.3 Å². The molecular weight excluding hydrogens is 330 g/mol. The summed E-state index contributed by atoms with van der Waals surface area (Å²) in [6.45, 7) is 3.10. The topological polar surface area (TPSA) is 84.2 Å². The molecule has 1 aliphatic carbocycles. The number of ether oxygens (including phenoxy) is 1. The number of H-pyrrole nitrogens is 1. The molecule has 1 saturated carbocycles. The van der Waals surface area contributed by atoms with Gasteiger partial charge in [0.2, 0.25) is 5.88 Å². The van der Waals surface area contributed by atoms with Gasteiger partial charge in [-0.1, -0.05) is 0 Å². The van der Waals surface area contributed by atoms with Crippen molar-refractivity contribution in [1.29, 1.82) is 0 Å². The second-order valence-electron chi connectivity index (χ2n) is 7.34. The minimum Gasteiger partial charge on any atom is -0.480 e. The van der Waals surface area contributed by atoms with Crippen molar-refractivity contribution >= 4 is 5.65 Å². The molecule has 0 radical (unpaired) electrons. The predicted molar refractivity (Wildman–Crippen MR) is 95.1 cm³/mol. The standard InChI is InChI=1S/C18H23N7O/c1-26-16-5-4-15-20-22-18(25(15)23-16)13-6-8-24(9-7-13)11-14-10-19-21-17(14)12-2-3-12/h4-5,10,12-13H,2-3,6-9,11H2,1H3,(H,19,21). The number of likely N-dealkylation sites (tertiary alicyclic amines) is 1. The van der Waals surface area contributed by atoms with Crippen molar-refractivity contribution in [3.8, 4) is 5.88 Å². The lowest BCUT2D eigenvalue weighted by Crippen LogP contribution is -2.33. The van der Waals surface area contributed by atoms with E-state index in [4.69, 9.17) is 4.74 Å². The molecule has 0 bridgehead atoms. The Hall–Kier alpha value is -2.48. The minimum absolute atomic E-state index is 0.383. The number of hydrogen-bond acceptors (Lipinski definition) is 6. The summed E-state index contributed by atoms with van der Waals surface area (Å²) in [4.78, 5) is 2.52. The van der Waals surface area contributed by atoms with Crippen LogP contribution in [0.5, 0.6) is 5.88 Å². The van der Waals surface area contributed by atoms with Gasteiger partial charge in [-0.25, -0.2) is 0 Å². The largest absolute Gasteiger partial charge is 0.480 e. The maximum absolute atomic E-state index is 5.24. The van der Waals surface area contributed by atoms with Crippen molar-refractivity contribution in [3.63, 3.8) is 0 Å². The summed E-state index contributed by atoms with van der Waals surface area (Å²) < 4.78 is 7.07. The summed E-state index contributed by atoms with van der Waals surface area (Å²) in [6, 6.07) is 3.72. The lowest BCUT2D eigenvalue weighted by atomic mass is 9.95. The van der Waals surface area contributed by atoms with Crippen LogP contribution in [0.1, 0.15) is 54.6 Å². The van der Waals surface area contributed by atoms with Gasteiger partial charge in [-0.15, -0.1) is 15.3 Å². The molecule has 0 spiro atoms. The Morgan fingerprint density at radius 3 is 2.73 bits per heavy atom. The van der Waals surface area contributed by atoms with Crippen molar-refractivity contribution in [3.05, 3.63) is 35.4 Å². The molecule has 1 N–H and O–H groups in total. The molecule has 4 heterocycles. The molecule has 8 heteroatoms. The summed E-state index contributed by atoms with van der Waals surface area (Å²) in [5, 5.41) is 20.6. The van der Waals surface area contributed by atoms with Gasteiger partial charge < -0.3 is 4.74 Å². The van der Waals surface area contributed by atoms with E-state index >= 15 is 0 Å². The average Bonchev–Trinajstić information content (AvgIpc) is 3.27. The van der Waals surface area contributed by atoms with E-state index in [2.05, 4.69) is 30.4 Å². The minimum atomic E-state index is 0.383. The first-order chi connectivity index (χ1) is 12.8. The second-order valence-corrected chi connectivity index (χ2v) is 7.34. The highest BCUT2D eigenvalue weighted by Crippen LogP contribution is 2.41. The maximum atomic E-state index is 5.24. The number of hydrogen-bond donors (Lipinski definition) is 1. The molecule has 2 fully saturated rings. The Morgan fingerprint density at radius 1 is 1.12 bits per heavy atom. The summed E-state index contributed by atoms with van der Waals surface area (Å²) in [6.07, 6.45) is 6.73. The molecule has 1 aliphatic heterocycles. The van der Waals surface area contributed by atoms with E-state index in [-0.39, 0.29) is 0 Å². The van der Waals surface area contributed by atoms with Gasteiger partial charge in [-0.05, 0) is 44.8 Å². The number of fused-ring (bicyclic) bond motifs is 1. The highest BCUT2D eigenvalue weighted by atomic mass is 16.5. The van der Waals surface area contributed by atoms with Crippen LogP contribution in [0.4, 0.5) is 0 Å². The van der Waals surface area contributed by atoms with Crippen molar-refractivity contribution in [2.24, 2.45) is 0 Å². The van der Waals surface area contributed by atoms with Gasteiger partial charge in [-0.3, -0.25) is 10.00 Å². The zero-order chi connectivity index (χ0) is 17.5. The van der Waals surface area contributed by atoms with E-state index in [0.717, 1.165) is 43.9 Å². The fourth-order valence-electron chi connectivity index (χ4n) is 3.91. The first kappa shape index (κ1) is 15.7. The van der Waals surface area contributed by atoms with Gasteiger partial charge in [0.05, 0.1) is 13.3 Å². The number of nitrogens with one attached hydrogen (secondary N) is 1. The maximum Gasteiger partial charge on any atom is 0.231 e. The third-order valence-corrected chi connectivity index (χ3v) is 5.56. The smallest absolute Gasteiger partial charge is 0.231 e. The lowest BCUT2D eigenvalue weighted by Gasteiger charge is -2.30. The van der Waals surface area contributed by atoms with Gasteiger partial charge in [0, 0.05) is 35.7 Å². The monoisotopic (exact) mass is 353 g/mol. The first-order valence-electron chi connectivity index (χ1n) is 9.32. The Labute approximate surface area is 151 Å². The Bertz CT molecular complexity index is 905. The van der Waals surface area contributed by atoms with E-state index in [1.807, 2.05) is 22.8 Å². The molecule has 2 aliphatic rings. The van der Waals surface area contributed by atoms with E-state index in [9.17, 15) is 0 Å². The molecule has 0 unspecified atom stereocenters. The zero-order valence-electron chi connectivity index (χ0n) is 14.9. The third kappa shape index (κ3) is 2.84. The molecule has 26 heavy (non-hydrogen) atoms. The molecule has 5 rings (SSSR count). The fourth-order valence-corrected chi connectivity index (χ4v) is 3.91. The Balaban J connectivity index is 1.27. The molecule has 136 valence electrons. The third-order valence-electron chi connectivity index (χ3n) is 5.56. The van der Waals surface area contributed by atoms with Gasteiger partial charge in [-0.2, -0.15) is 9.61 Å². The summed E-state index contributed by atoms with van der Waals surface area (Å²) in [5.41, 5.74) is 3.49. The molecule has 0 amide bonds. The summed E-state index contributed by atoms with van der Waals surface area (Å²) in [5.74, 6) is 2.63. The van der Waals surface area contributed by atoms with Crippen LogP contribution in [0, 0.1) is 0 Å². The number of aromatic nitrogens is 6. The van der Waals surface area contributed by atoms with Crippen molar-refractivity contribution in [1.82, 2.24) is 34.9 Å². The summed E-state index contributed by atoms with van der Waals surface area (Å²) >= 11 is 0. The molecule has 3 aromatic rings. The molecule has 1 saturated heterocycles. The van der Waals surface area contributed by atoms with Gasteiger partial charge in [0.25, 0.3) is 0 Å². The van der Waals surface area contributed by atoms with E-state index in [1.165, 1.54) is 24.1 Å². The Morgan fingerprint density at radius 2 is 1.96 bits per heavy atom. The molecule has 0 aromatic carbocycles. The van der Waals surface area contributed by atoms with Crippen LogP contribution in [0.25, 0.3) is 5.65 Å². The van der Waals surface area contributed by atoms with Crippen LogP contribution in [0.2, 0.25) is 0 Å². The summed E-state index contributed by atoms with van der Waals surface area (Å²) in [7, 11) is 1.63. The molecular formula is C18H23N7O. The quantitative estimate of drug-likeness (QED) is 0.756. The van der Waals surface area contributed by atoms with Crippen molar-refractivity contribution < 1.29 is 4.74 Å². The number of methoxy groups -OCH3 is 1. The highest BCUT2D eigenvalue weighted by Gasteiger charge is 2.30. The SMILES string of the molecule is COc1ccc2nnc(C3CCN(Cc4cn[nH]c4C4CC4)CC3)n2n1. The van der Waals surface area contributed by atoms with Crippen LogP contribution in [-0.2, 0) is 6.54 Å². The first-order valence-corrected chi connectivity index (χ1v) is 9.32. The van der Waals surface area contributed by atoms with Crippen LogP contribution in [0.3, 0.4) is 0 Å². The number of aromatic amines is 1. The van der Waals surface area contributed by atoms with Gasteiger partial charge in [0.15, 0.2) is 11.5 Å². The van der Waals surface area contributed by atoms with E-state index in [0.29, 0.717) is 17.7 Å².